The smallest absolute Gasteiger partial charge is 0.257 e. The molecule has 0 saturated carbocycles. The summed E-state index contributed by atoms with van der Waals surface area (Å²) in [6.45, 7) is 0. The SMILES string of the molecule is O=C(Nc1cnc(-c2ccc(Cl)cc2)nc1)c1cncc(Br)c1. The monoisotopic (exact) mass is 388 g/mol. The van der Waals surface area contributed by atoms with Gasteiger partial charge in [0.2, 0.25) is 0 Å². The van der Waals surface area contributed by atoms with Gasteiger partial charge in [0.1, 0.15) is 0 Å². The van der Waals surface area contributed by atoms with Crippen LogP contribution in [-0.4, -0.2) is 20.9 Å². The van der Waals surface area contributed by atoms with E-state index in [-0.39, 0.29) is 5.91 Å². The van der Waals surface area contributed by atoms with Crippen LogP contribution in [0.1, 0.15) is 10.4 Å². The number of benzene rings is 1. The molecule has 0 bridgehead atoms. The molecule has 0 unspecified atom stereocenters. The van der Waals surface area contributed by atoms with E-state index in [1.165, 1.54) is 6.20 Å². The van der Waals surface area contributed by atoms with Crippen LogP contribution in [0, 0.1) is 0 Å². The highest BCUT2D eigenvalue weighted by atomic mass is 79.9. The Morgan fingerprint density at radius 1 is 1.04 bits per heavy atom. The van der Waals surface area contributed by atoms with Crippen LogP contribution in [0.5, 0.6) is 0 Å². The van der Waals surface area contributed by atoms with Crippen LogP contribution in [0.25, 0.3) is 11.4 Å². The zero-order chi connectivity index (χ0) is 16.2. The van der Waals surface area contributed by atoms with Crippen LogP contribution in [-0.2, 0) is 0 Å². The lowest BCUT2D eigenvalue weighted by Crippen LogP contribution is -2.12. The van der Waals surface area contributed by atoms with Gasteiger partial charge in [0.25, 0.3) is 5.91 Å². The molecule has 0 spiro atoms. The molecule has 0 fully saturated rings. The predicted molar refractivity (Wildman–Crippen MR) is 92.4 cm³/mol. The molecule has 114 valence electrons. The average Bonchev–Trinajstić information content (AvgIpc) is 2.56. The van der Waals surface area contributed by atoms with Crippen molar-refractivity contribution in [3.8, 4) is 11.4 Å². The highest BCUT2D eigenvalue weighted by Gasteiger charge is 2.08. The minimum absolute atomic E-state index is 0.276. The zero-order valence-electron chi connectivity index (χ0n) is 11.7. The summed E-state index contributed by atoms with van der Waals surface area (Å²) in [5.41, 5.74) is 1.80. The highest BCUT2D eigenvalue weighted by molar-refractivity contribution is 9.10. The van der Waals surface area contributed by atoms with E-state index >= 15 is 0 Å². The minimum atomic E-state index is -0.276. The van der Waals surface area contributed by atoms with E-state index in [1.54, 1.807) is 36.8 Å². The van der Waals surface area contributed by atoms with Crippen molar-refractivity contribution in [1.82, 2.24) is 15.0 Å². The summed E-state index contributed by atoms with van der Waals surface area (Å²) in [6, 6.07) is 8.91. The Morgan fingerprint density at radius 2 is 1.74 bits per heavy atom. The number of hydrogen-bond acceptors (Lipinski definition) is 4. The van der Waals surface area contributed by atoms with Crippen molar-refractivity contribution < 1.29 is 4.79 Å². The molecule has 2 heterocycles. The molecule has 0 aliphatic carbocycles. The van der Waals surface area contributed by atoms with E-state index < -0.39 is 0 Å². The second-order valence-corrected chi connectivity index (χ2v) is 6.00. The quantitative estimate of drug-likeness (QED) is 0.729. The van der Waals surface area contributed by atoms with Crippen molar-refractivity contribution in [2.75, 3.05) is 5.32 Å². The predicted octanol–water partition coefficient (Wildman–Crippen LogP) is 4.21. The van der Waals surface area contributed by atoms with Crippen LogP contribution < -0.4 is 5.32 Å². The maximum absolute atomic E-state index is 12.1. The molecule has 2 aromatic heterocycles. The number of hydrogen-bond donors (Lipinski definition) is 1. The summed E-state index contributed by atoms with van der Waals surface area (Å²) in [5.74, 6) is 0.283. The van der Waals surface area contributed by atoms with Gasteiger partial charge in [-0.05, 0) is 46.3 Å². The lowest BCUT2D eigenvalue weighted by atomic mass is 10.2. The summed E-state index contributed by atoms with van der Waals surface area (Å²) in [4.78, 5) is 24.6. The number of aromatic nitrogens is 3. The average molecular weight is 390 g/mol. The topological polar surface area (TPSA) is 67.8 Å². The molecular formula is C16H10BrClN4O. The van der Waals surface area contributed by atoms with E-state index in [0.717, 1.165) is 10.0 Å². The molecule has 3 aromatic rings. The van der Waals surface area contributed by atoms with Crippen LogP contribution in [0.4, 0.5) is 5.69 Å². The number of carbonyl (C=O) groups is 1. The van der Waals surface area contributed by atoms with Crippen molar-refractivity contribution in [1.29, 1.82) is 0 Å². The molecule has 7 heteroatoms. The van der Waals surface area contributed by atoms with E-state index in [4.69, 9.17) is 11.6 Å². The molecule has 5 nitrogen and oxygen atoms in total. The van der Waals surface area contributed by atoms with Crippen molar-refractivity contribution in [2.24, 2.45) is 0 Å². The fraction of sp³-hybridized carbons (Fsp3) is 0. The van der Waals surface area contributed by atoms with Crippen molar-refractivity contribution >= 4 is 39.1 Å². The number of carbonyl (C=O) groups excluding carboxylic acids is 1. The third kappa shape index (κ3) is 3.91. The third-order valence-corrected chi connectivity index (χ3v) is 3.66. The Kier molecular flexibility index (Phi) is 4.64. The Morgan fingerprint density at radius 3 is 2.39 bits per heavy atom. The van der Waals surface area contributed by atoms with Gasteiger partial charge in [-0.2, -0.15) is 0 Å². The standard InChI is InChI=1S/C16H10BrClN4O/c17-12-5-11(6-19-7-12)16(23)22-14-8-20-15(21-9-14)10-1-3-13(18)4-2-10/h1-9H,(H,22,23). The van der Waals surface area contributed by atoms with E-state index in [0.29, 0.717) is 22.1 Å². The van der Waals surface area contributed by atoms with Gasteiger partial charge < -0.3 is 5.32 Å². The Balaban J connectivity index is 1.75. The van der Waals surface area contributed by atoms with Gasteiger partial charge in [-0.25, -0.2) is 9.97 Å². The molecule has 1 aromatic carbocycles. The number of halogens is 2. The van der Waals surface area contributed by atoms with Gasteiger partial charge in [-0.1, -0.05) is 11.6 Å². The maximum atomic E-state index is 12.1. The second-order valence-electron chi connectivity index (χ2n) is 4.65. The number of rotatable bonds is 3. The fourth-order valence-electron chi connectivity index (χ4n) is 1.88. The normalized spacial score (nSPS) is 10.3. The van der Waals surface area contributed by atoms with Gasteiger partial charge >= 0.3 is 0 Å². The number of pyridine rings is 1. The van der Waals surface area contributed by atoms with Crippen LogP contribution in [0.15, 0.2) is 59.6 Å². The second kappa shape index (κ2) is 6.85. The first kappa shape index (κ1) is 15.6. The molecule has 0 atom stereocenters. The molecule has 0 radical (unpaired) electrons. The van der Waals surface area contributed by atoms with Crippen LogP contribution in [0.2, 0.25) is 5.02 Å². The summed E-state index contributed by atoms with van der Waals surface area (Å²) in [6.07, 6.45) is 6.21. The number of anilines is 1. The first-order valence-corrected chi connectivity index (χ1v) is 7.79. The number of nitrogens with one attached hydrogen (secondary N) is 1. The first-order valence-electron chi connectivity index (χ1n) is 6.62. The molecular weight excluding hydrogens is 380 g/mol. The highest BCUT2D eigenvalue weighted by Crippen LogP contribution is 2.19. The number of nitrogens with zero attached hydrogens (tertiary/aromatic N) is 3. The first-order chi connectivity index (χ1) is 11.1. The van der Waals surface area contributed by atoms with Crippen molar-refractivity contribution in [3.05, 3.63) is 70.2 Å². The van der Waals surface area contributed by atoms with Gasteiger partial charge in [-0.15, -0.1) is 0 Å². The van der Waals surface area contributed by atoms with E-state index in [9.17, 15) is 4.79 Å². The van der Waals surface area contributed by atoms with Crippen molar-refractivity contribution in [3.63, 3.8) is 0 Å². The zero-order valence-corrected chi connectivity index (χ0v) is 14.0. The Bertz CT molecular complexity index is 837. The van der Waals surface area contributed by atoms with E-state index in [2.05, 4.69) is 36.2 Å². The summed E-state index contributed by atoms with van der Waals surface area (Å²) in [7, 11) is 0. The summed E-state index contributed by atoms with van der Waals surface area (Å²) < 4.78 is 0.736. The van der Waals surface area contributed by atoms with Crippen LogP contribution in [0.3, 0.4) is 0 Å². The van der Waals surface area contributed by atoms with Gasteiger partial charge in [0.05, 0.1) is 23.6 Å². The van der Waals surface area contributed by atoms with Gasteiger partial charge in [0, 0.05) is 27.5 Å². The molecule has 1 N–H and O–H groups in total. The van der Waals surface area contributed by atoms with Crippen LogP contribution >= 0.6 is 27.5 Å². The molecule has 3 rings (SSSR count). The Labute approximate surface area is 145 Å². The van der Waals surface area contributed by atoms with Crippen molar-refractivity contribution in [2.45, 2.75) is 0 Å². The largest absolute Gasteiger partial charge is 0.319 e. The lowest BCUT2D eigenvalue weighted by Gasteiger charge is -2.06. The summed E-state index contributed by atoms with van der Waals surface area (Å²) in [5, 5.41) is 3.38. The molecule has 0 saturated heterocycles. The number of amides is 1. The summed E-state index contributed by atoms with van der Waals surface area (Å²) >= 11 is 9.13. The van der Waals surface area contributed by atoms with E-state index in [1.807, 2.05) is 12.1 Å². The fourth-order valence-corrected chi connectivity index (χ4v) is 2.37. The molecule has 0 aliphatic rings. The lowest BCUT2D eigenvalue weighted by molar-refractivity contribution is 0.102. The maximum Gasteiger partial charge on any atom is 0.257 e. The van der Waals surface area contributed by atoms with Gasteiger partial charge in [-0.3, -0.25) is 9.78 Å². The van der Waals surface area contributed by atoms with Gasteiger partial charge in [0.15, 0.2) is 5.82 Å². The minimum Gasteiger partial charge on any atom is -0.319 e. The molecule has 0 aliphatic heterocycles. The third-order valence-electron chi connectivity index (χ3n) is 2.98. The molecule has 23 heavy (non-hydrogen) atoms. The Hall–Kier alpha value is -2.31. The molecule has 1 amide bonds.